The Balaban J connectivity index is 1.58. The van der Waals surface area contributed by atoms with E-state index in [-0.39, 0.29) is 18.5 Å². The second kappa shape index (κ2) is 11.8. The van der Waals surface area contributed by atoms with Crippen molar-refractivity contribution >= 4 is 35.0 Å². The maximum Gasteiger partial charge on any atom is 0.322 e. The first-order valence-electron chi connectivity index (χ1n) is 12.2. The number of hydrogen-bond donors (Lipinski definition) is 2. The van der Waals surface area contributed by atoms with Gasteiger partial charge in [0, 0.05) is 28.9 Å². The van der Waals surface area contributed by atoms with Crippen LogP contribution in [0.2, 0.25) is 5.02 Å². The van der Waals surface area contributed by atoms with Gasteiger partial charge in [0.25, 0.3) is 0 Å². The molecule has 2 N–H and O–H groups in total. The first kappa shape index (κ1) is 26.0. The number of aromatic nitrogens is 2. The van der Waals surface area contributed by atoms with Gasteiger partial charge in [-0.05, 0) is 50.1 Å². The van der Waals surface area contributed by atoms with E-state index in [0.29, 0.717) is 29.5 Å². The molecule has 0 unspecified atom stereocenters. The number of hydrogen-bond acceptors (Lipinski definition) is 3. The number of rotatable bonds is 8. The van der Waals surface area contributed by atoms with E-state index in [1.807, 2.05) is 69.3 Å². The Kier molecular flexibility index (Phi) is 8.25. The van der Waals surface area contributed by atoms with Crippen molar-refractivity contribution in [3.05, 3.63) is 95.0 Å². The van der Waals surface area contributed by atoms with Crippen LogP contribution in [0.5, 0.6) is 0 Å². The highest BCUT2D eigenvalue weighted by atomic mass is 35.5. The van der Waals surface area contributed by atoms with Gasteiger partial charge < -0.3 is 15.5 Å². The minimum atomic E-state index is -0.368. The van der Waals surface area contributed by atoms with E-state index in [4.69, 9.17) is 16.7 Å². The van der Waals surface area contributed by atoms with E-state index in [0.717, 1.165) is 28.1 Å². The highest BCUT2D eigenvalue weighted by Crippen LogP contribution is 2.26. The van der Waals surface area contributed by atoms with Crippen molar-refractivity contribution in [1.82, 2.24) is 14.7 Å². The van der Waals surface area contributed by atoms with Gasteiger partial charge in [-0.15, -0.1) is 0 Å². The van der Waals surface area contributed by atoms with Crippen LogP contribution in [-0.4, -0.2) is 39.7 Å². The minimum Gasteiger partial charge on any atom is -0.315 e. The van der Waals surface area contributed by atoms with Gasteiger partial charge in [0.2, 0.25) is 5.91 Å². The summed E-state index contributed by atoms with van der Waals surface area (Å²) in [7, 11) is 0. The van der Waals surface area contributed by atoms with Crippen LogP contribution in [-0.2, 0) is 4.79 Å². The fourth-order valence-electron chi connectivity index (χ4n) is 4.09. The summed E-state index contributed by atoms with van der Waals surface area (Å²) in [6, 6.07) is 24.3. The van der Waals surface area contributed by atoms with Crippen LogP contribution in [0.3, 0.4) is 0 Å². The van der Waals surface area contributed by atoms with Crippen LogP contribution in [0, 0.1) is 13.8 Å². The number of nitrogens with zero attached hydrogens (tertiary/aromatic N) is 3. The highest BCUT2D eigenvalue weighted by Gasteiger charge is 2.20. The third kappa shape index (κ3) is 6.57. The maximum atomic E-state index is 13.2. The number of anilines is 2. The summed E-state index contributed by atoms with van der Waals surface area (Å²) in [6.45, 7) is 6.32. The number of urea groups is 1. The molecule has 4 rings (SSSR count). The lowest BCUT2D eigenvalue weighted by Crippen LogP contribution is -2.41. The van der Waals surface area contributed by atoms with Crippen molar-refractivity contribution in [2.45, 2.75) is 27.2 Å². The predicted molar refractivity (Wildman–Crippen MR) is 149 cm³/mol. The third-order valence-electron chi connectivity index (χ3n) is 5.82. The summed E-state index contributed by atoms with van der Waals surface area (Å²) in [5.74, 6) is 0.211. The smallest absolute Gasteiger partial charge is 0.315 e. The van der Waals surface area contributed by atoms with Gasteiger partial charge in [-0.25, -0.2) is 9.48 Å². The zero-order valence-electron chi connectivity index (χ0n) is 21.2. The Morgan fingerprint density at radius 3 is 2.43 bits per heavy atom. The molecule has 0 aliphatic rings. The second-order valence-corrected chi connectivity index (χ2v) is 9.33. The molecular weight excluding hydrogens is 486 g/mol. The molecule has 1 aromatic heterocycles. The van der Waals surface area contributed by atoms with Crippen LogP contribution in [0.15, 0.2) is 78.9 Å². The molecule has 1 heterocycles. The highest BCUT2D eigenvalue weighted by molar-refractivity contribution is 6.30. The first-order valence-corrected chi connectivity index (χ1v) is 12.6. The van der Waals surface area contributed by atoms with Gasteiger partial charge in [0.05, 0.1) is 11.4 Å². The molecule has 37 heavy (non-hydrogen) atoms. The molecule has 0 saturated carbocycles. The molecule has 0 aliphatic heterocycles. The second-order valence-electron chi connectivity index (χ2n) is 8.89. The molecule has 0 fully saturated rings. The first-order chi connectivity index (χ1) is 17.8. The maximum absolute atomic E-state index is 13.2. The van der Waals surface area contributed by atoms with Gasteiger partial charge in [-0.3, -0.25) is 4.79 Å². The van der Waals surface area contributed by atoms with Crippen LogP contribution in [0.25, 0.3) is 16.9 Å². The van der Waals surface area contributed by atoms with E-state index in [2.05, 4.69) is 16.7 Å². The predicted octanol–water partition coefficient (Wildman–Crippen LogP) is 6.69. The molecule has 0 radical (unpaired) electrons. The van der Waals surface area contributed by atoms with Crippen molar-refractivity contribution in [1.29, 1.82) is 0 Å². The Hall–Kier alpha value is -4.10. The van der Waals surface area contributed by atoms with Gasteiger partial charge in [-0.2, -0.15) is 5.10 Å². The summed E-state index contributed by atoms with van der Waals surface area (Å²) >= 11 is 6.04. The van der Waals surface area contributed by atoms with Crippen molar-refractivity contribution in [2.24, 2.45) is 0 Å². The quantitative estimate of drug-likeness (QED) is 0.274. The van der Waals surface area contributed by atoms with E-state index in [1.54, 1.807) is 28.9 Å². The molecule has 0 atom stereocenters. The topological polar surface area (TPSA) is 79.3 Å². The lowest BCUT2D eigenvalue weighted by molar-refractivity contribution is -0.116. The van der Waals surface area contributed by atoms with E-state index in [1.165, 1.54) is 4.90 Å². The molecular formula is C29H30ClN5O2. The SMILES string of the molecule is CCCN(CC(=O)Nc1cc(-c2ccccc2)nn1-c1ccc(C)cc1C)C(=O)Nc1cccc(Cl)c1. The number of halogens is 1. The van der Waals surface area contributed by atoms with Gasteiger partial charge >= 0.3 is 6.03 Å². The Bertz CT molecular complexity index is 1400. The number of aryl methyl sites for hydroxylation is 2. The van der Waals surface area contributed by atoms with Crippen molar-refractivity contribution in [3.8, 4) is 16.9 Å². The summed E-state index contributed by atoms with van der Waals surface area (Å²) in [6.07, 6.45) is 0.703. The van der Waals surface area contributed by atoms with Crippen LogP contribution in [0.1, 0.15) is 24.5 Å². The van der Waals surface area contributed by atoms with E-state index >= 15 is 0 Å². The van der Waals surface area contributed by atoms with Crippen LogP contribution < -0.4 is 10.6 Å². The molecule has 190 valence electrons. The standard InChI is InChI=1S/C29H30ClN5O2/c1-4-15-34(29(37)31-24-12-8-11-23(30)17-24)19-28(36)32-27-18-25(22-9-6-5-7-10-22)33-35(27)26-14-13-20(2)16-21(26)3/h5-14,16-18H,4,15,19H2,1-3H3,(H,31,37)(H,32,36). The number of nitrogens with one attached hydrogen (secondary N) is 2. The average molecular weight is 516 g/mol. The zero-order valence-corrected chi connectivity index (χ0v) is 21.9. The van der Waals surface area contributed by atoms with Crippen molar-refractivity contribution < 1.29 is 9.59 Å². The molecule has 3 amide bonds. The summed E-state index contributed by atoms with van der Waals surface area (Å²) in [5.41, 5.74) is 5.29. The van der Waals surface area contributed by atoms with Crippen LogP contribution in [0.4, 0.5) is 16.3 Å². The Morgan fingerprint density at radius 1 is 0.946 bits per heavy atom. The minimum absolute atomic E-state index is 0.112. The lowest BCUT2D eigenvalue weighted by atomic mass is 10.1. The summed E-state index contributed by atoms with van der Waals surface area (Å²) in [4.78, 5) is 27.6. The van der Waals surface area contributed by atoms with Crippen molar-refractivity contribution in [2.75, 3.05) is 23.7 Å². The molecule has 7 nitrogen and oxygen atoms in total. The summed E-state index contributed by atoms with van der Waals surface area (Å²) < 4.78 is 1.74. The number of benzene rings is 3. The fourth-order valence-corrected chi connectivity index (χ4v) is 4.28. The summed E-state index contributed by atoms with van der Waals surface area (Å²) in [5, 5.41) is 11.1. The zero-order chi connectivity index (χ0) is 26.4. The van der Waals surface area contributed by atoms with Gasteiger partial charge in [0.1, 0.15) is 12.4 Å². The molecule has 4 aromatic rings. The molecule has 3 aromatic carbocycles. The third-order valence-corrected chi connectivity index (χ3v) is 6.05. The normalized spacial score (nSPS) is 10.7. The molecule has 0 aliphatic carbocycles. The largest absolute Gasteiger partial charge is 0.322 e. The number of amides is 3. The van der Waals surface area contributed by atoms with Gasteiger partial charge in [-0.1, -0.05) is 72.6 Å². The number of carbonyl (C=O) groups excluding carboxylic acids is 2. The van der Waals surface area contributed by atoms with E-state index < -0.39 is 0 Å². The van der Waals surface area contributed by atoms with Crippen LogP contribution >= 0.6 is 11.6 Å². The monoisotopic (exact) mass is 515 g/mol. The Labute approximate surface area is 222 Å². The fraction of sp³-hybridized carbons (Fsp3) is 0.207. The van der Waals surface area contributed by atoms with Crippen molar-refractivity contribution in [3.63, 3.8) is 0 Å². The molecule has 8 heteroatoms. The molecule has 0 spiro atoms. The average Bonchev–Trinajstić information content (AvgIpc) is 3.27. The molecule has 0 saturated heterocycles. The lowest BCUT2D eigenvalue weighted by Gasteiger charge is -2.22. The molecule has 0 bridgehead atoms. The van der Waals surface area contributed by atoms with Gasteiger partial charge in [0.15, 0.2) is 0 Å². The Morgan fingerprint density at radius 2 is 1.73 bits per heavy atom. The van der Waals surface area contributed by atoms with E-state index in [9.17, 15) is 9.59 Å². The number of carbonyl (C=O) groups is 2.